The first-order valence-corrected chi connectivity index (χ1v) is 10.6. The summed E-state index contributed by atoms with van der Waals surface area (Å²) in [5, 5.41) is 7.93. The summed E-state index contributed by atoms with van der Waals surface area (Å²) in [6.45, 7) is -0.412. The fourth-order valence-electron chi connectivity index (χ4n) is 3.24. The molecule has 0 bridgehead atoms. The Morgan fingerprint density at radius 2 is 1.52 bits per heavy atom. The molecule has 0 atom stereocenters. The first-order chi connectivity index (χ1) is 15.9. The van der Waals surface area contributed by atoms with E-state index in [9.17, 15) is 14.4 Å². The molecule has 9 heteroatoms. The summed E-state index contributed by atoms with van der Waals surface area (Å²) in [5.41, 5.74) is 0.668. The lowest BCUT2D eigenvalue weighted by Gasteiger charge is -2.12. The average molecular weight is 482 g/mol. The van der Waals surface area contributed by atoms with Crippen LogP contribution in [0.25, 0.3) is 10.8 Å². The van der Waals surface area contributed by atoms with E-state index in [1.165, 1.54) is 4.68 Å². The lowest BCUT2D eigenvalue weighted by molar-refractivity contribution is -0.119. The number of amides is 1. The monoisotopic (exact) mass is 481 g/mol. The third-order valence-corrected chi connectivity index (χ3v) is 5.43. The highest BCUT2D eigenvalue weighted by Gasteiger charge is 2.20. The first-order valence-electron chi connectivity index (χ1n) is 9.89. The second-order valence-electron chi connectivity index (χ2n) is 7.06. The Morgan fingerprint density at radius 1 is 0.879 bits per heavy atom. The fourth-order valence-corrected chi connectivity index (χ4v) is 3.73. The van der Waals surface area contributed by atoms with Gasteiger partial charge in [-0.15, -0.1) is 0 Å². The van der Waals surface area contributed by atoms with Gasteiger partial charge in [-0.25, -0.2) is 9.48 Å². The van der Waals surface area contributed by atoms with Crippen LogP contribution in [-0.2, 0) is 16.1 Å². The number of carbonyl (C=O) groups excluding carboxylic acids is 2. The van der Waals surface area contributed by atoms with Gasteiger partial charge >= 0.3 is 5.97 Å². The zero-order chi connectivity index (χ0) is 23.4. The number of aromatic nitrogens is 2. The Balaban J connectivity index is 1.58. The smallest absolute Gasteiger partial charge is 0.359 e. The summed E-state index contributed by atoms with van der Waals surface area (Å²) in [6, 6.07) is 20.7. The Bertz CT molecular complexity index is 1380. The van der Waals surface area contributed by atoms with Gasteiger partial charge in [-0.3, -0.25) is 9.59 Å². The predicted octanol–water partition coefficient (Wildman–Crippen LogP) is 4.55. The average Bonchev–Trinajstić information content (AvgIpc) is 2.82. The number of anilines is 1. The Kier molecular flexibility index (Phi) is 6.72. The van der Waals surface area contributed by atoms with Gasteiger partial charge in [0.15, 0.2) is 12.3 Å². The number of hydrogen-bond donors (Lipinski definition) is 1. The van der Waals surface area contributed by atoms with Crippen molar-refractivity contribution < 1.29 is 14.3 Å². The van der Waals surface area contributed by atoms with Gasteiger partial charge in [0, 0.05) is 5.39 Å². The van der Waals surface area contributed by atoms with E-state index in [4.69, 9.17) is 27.9 Å². The lowest BCUT2D eigenvalue weighted by atomic mass is 10.1. The number of rotatable bonds is 6. The minimum absolute atomic E-state index is 0.0651. The highest BCUT2D eigenvalue weighted by molar-refractivity contribution is 6.39. The third-order valence-electron chi connectivity index (χ3n) is 4.80. The molecule has 7 nitrogen and oxygen atoms in total. The van der Waals surface area contributed by atoms with Crippen molar-refractivity contribution in [2.24, 2.45) is 0 Å². The standard InChI is InChI=1S/C24H17Cl2N3O4/c25-18-11-6-12-19(26)22(18)27-20(30)14-33-24(32)21-16-9-4-5-10-17(16)23(31)29(28-21)13-15-7-2-1-3-8-15/h1-12H,13-14H2,(H,27,30). The molecule has 1 heterocycles. The Labute approximate surface area is 198 Å². The number of ether oxygens (including phenoxy) is 1. The number of nitrogens with zero attached hydrogens (tertiary/aromatic N) is 2. The molecule has 1 amide bonds. The molecule has 1 aromatic heterocycles. The molecular weight excluding hydrogens is 465 g/mol. The minimum Gasteiger partial charge on any atom is -0.451 e. The van der Waals surface area contributed by atoms with Crippen LogP contribution < -0.4 is 10.9 Å². The van der Waals surface area contributed by atoms with Crippen molar-refractivity contribution in [3.8, 4) is 0 Å². The van der Waals surface area contributed by atoms with Crippen molar-refractivity contribution in [1.29, 1.82) is 0 Å². The zero-order valence-corrected chi connectivity index (χ0v) is 18.6. The number of fused-ring (bicyclic) bond motifs is 1. The number of halogens is 2. The van der Waals surface area contributed by atoms with E-state index in [1.807, 2.05) is 30.3 Å². The minimum atomic E-state index is -0.839. The van der Waals surface area contributed by atoms with E-state index < -0.39 is 18.5 Å². The molecular formula is C24H17Cl2N3O4. The second-order valence-corrected chi connectivity index (χ2v) is 7.88. The normalized spacial score (nSPS) is 10.7. The third kappa shape index (κ3) is 5.05. The summed E-state index contributed by atoms with van der Waals surface area (Å²) in [7, 11) is 0. The van der Waals surface area contributed by atoms with Crippen molar-refractivity contribution >= 4 is 51.5 Å². The fraction of sp³-hybridized carbons (Fsp3) is 0.0833. The molecule has 1 N–H and O–H groups in total. The molecule has 0 saturated carbocycles. The summed E-state index contributed by atoms with van der Waals surface area (Å²) in [4.78, 5) is 38.0. The first kappa shape index (κ1) is 22.5. The molecule has 4 aromatic rings. The maximum atomic E-state index is 12.9. The number of benzene rings is 3. The molecule has 0 unspecified atom stereocenters. The van der Waals surface area contributed by atoms with Crippen LogP contribution in [-0.4, -0.2) is 28.3 Å². The second kappa shape index (κ2) is 9.85. The van der Waals surface area contributed by atoms with E-state index >= 15 is 0 Å². The highest BCUT2D eigenvalue weighted by atomic mass is 35.5. The van der Waals surface area contributed by atoms with Crippen LogP contribution in [0.15, 0.2) is 77.6 Å². The van der Waals surface area contributed by atoms with E-state index in [0.29, 0.717) is 10.8 Å². The number of esters is 1. The molecule has 0 saturated heterocycles. The maximum absolute atomic E-state index is 12.9. The van der Waals surface area contributed by atoms with E-state index in [2.05, 4.69) is 10.4 Å². The summed E-state index contributed by atoms with van der Waals surface area (Å²) < 4.78 is 6.39. The van der Waals surface area contributed by atoms with Crippen molar-refractivity contribution in [3.05, 3.63) is 104 Å². The molecule has 3 aromatic carbocycles. The zero-order valence-electron chi connectivity index (χ0n) is 17.1. The van der Waals surface area contributed by atoms with Crippen LogP contribution in [0, 0.1) is 0 Å². The van der Waals surface area contributed by atoms with Gasteiger partial charge in [0.05, 0.1) is 27.7 Å². The molecule has 4 rings (SSSR count). The highest BCUT2D eigenvalue weighted by Crippen LogP contribution is 2.29. The number of nitrogens with one attached hydrogen (secondary N) is 1. The lowest BCUT2D eigenvalue weighted by Crippen LogP contribution is -2.28. The van der Waals surface area contributed by atoms with E-state index in [0.717, 1.165) is 5.56 Å². The molecule has 33 heavy (non-hydrogen) atoms. The SMILES string of the molecule is O=C(COC(=O)c1nn(Cc2ccccc2)c(=O)c2ccccc12)Nc1c(Cl)cccc1Cl. The van der Waals surface area contributed by atoms with Gasteiger partial charge in [0.1, 0.15) is 0 Å². The van der Waals surface area contributed by atoms with Crippen LogP contribution in [0.1, 0.15) is 16.1 Å². The van der Waals surface area contributed by atoms with E-state index in [1.54, 1.807) is 42.5 Å². The molecule has 0 aliphatic rings. The quantitative estimate of drug-likeness (QED) is 0.408. The van der Waals surface area contributed by atoms with Crippen LogP contribution >= 0.6 is 23.2 Å². The molecule has 0 aliphatic heterocycles. The Hall–Kier alpha value is -3.68. The van der Waals surface area contributed by atoms with Gasteiger partial charge < -0.3 is 10.1 Å². The van der Waals surface area contributed by atoms with Crippen molar-refractivity contribution in [2.45, 2.75) is 6.54 Å². The van der Waals surface area contributed by atoms with Crippen molar-refractivity contribution in [3.63, 3.8) is 0 Å². The summed E-state index contributed by atoms with van der Waals surface area (Å²) >= 11 is 12.1. The van der Waals surface area contributed by atoms with Crippen LogP contribution in [0.4, 0.5) is 5.69 Å². The van der Waals surface area contributed by atoms with Gasteiger partial charge in [-0.05, 0) is 23.8 Å². The largest absolute Gasteiger partial charge is 0.451 e. The molecule has 0 aliphatic carbocycles. The number of carbonyl (C=O) groups is 2. The maximum Gasteiger partial charge on any atom is 0.359 e. The number of hydrogen-bond acceptors (Lipinski definition) is 5. The van der Waals surface area contributed by atoms with Crippen LogP contribution in [0.3, 0.4) is 0 Å². The topological polar surface area (TPSA) is 90.3 Å². The predicted molar refractivity (Wildman–Crippen MR) is 127 cm³/mol. The van der Waals surface area contributed by atoms with Gasteiger partial charge in [-0.2, -0.15) is 5.10 Å². The van der Waals surface area contributed by atoms with E-state index in [-0.39, 0.29) is 33.5 Å². The molecule has 0 fully saturated rings. The number of para-hydroxylation sites is 1. The van der Waals surface area contributed by atoms with Gasteiger partial charge in [0.25, 0.3) is 11.5 Å². The Morgan fingerprint density at radius 3 is 2.21 bits per heavy atom. The molecule has 0 radical (unpaired) electrons. The van der Waals surface area contributed by atoms with Gasteiger partial charge in [0.2, 0.25) is 0 Å². The molecule has 0 spiro atoms. The van der Waals surface area contributed by atoms with Crippen molar-refractivity contribution in [1.82, 2.24) is 9.78 Å². The van der Waals surface area contributed by atoms with Crippen LogP contribution in [0.5, 0.6) is 0 Å². The molecule has 166 valence electrons. The summed E-state index contributed by atoms with van der Waals surface area (Å²) in [5.74, 6) is -1.46. The van der Waals surface area contributed by atoms with Crippen molar-refractivity contribution in [2.75, 3.05) is 11.9 Å². The van der Waals surface area contributed by atoms with Gasteiger partial charge in [-0.1, -0.05) is 77.8 Å². The van der Waals surface area contributed by atoms with Crippen LogP contribution in [0.2, 0.25) is 10.0 Å². The summed E-state index contributed by atoms with van der Waals surface area (Å²) in [6.07, 6.45) is 0.